The Kier molecular flexibility index (Phi) is 5.53. The number of nitrogens with zero attached hydrogens (tertiary/aromatic N) is 1. The van der Waals surface area contributed by atoms with Crippen LogP contribution in [0.15, 0.2) is 0 Å². The molecule has 0 bridgehead atoms. The van der Waals surface area contributed by atoms with Gasteiger partial charge in [-0.15, -0.1) is 0 Å². The van der Waals surface area contributed by atoms with Gasteiger partial charge in [-0.2, -0.15) is 0 Å². The monoisotopic (exact) mass is 280 g/mol. The van der Waals surface area contributed by atoms with Gasteiger partial charge in [0.15, 0.2) is 0 Å². The summed E-state index contributed by atoms with van der Waals surface area (Å²) in [6.45, 7) is 12.2. The summed E-state index contributed by atoms with van der Waals surface area (Å²) in [6, 6.07) is 1.06. The van der Waals surface area contributed by atoms with E-state index in [0.29, 0.717) is 17.5 Å². The fourth-order valence-electron chi connectivity index (χ4n) is 4.28. The van der Waals surface area contributed by atoms with Crippen LogP contribution in [0.1, 0.15) is 72.6 Å². The lowest BCUT2D eigenvalue weighted by molar-refractivity contribution is 0.0404. The molecule has 0 aromatic rings. The Morgan fingerprint density at radius 2 is 1.70 bits per heavy atom. The summed E-state index contributed by atoms with van der Waals surface area (Å²) >= 11 is 0. The van der Waals surface area contributed by atoms with Gasteiger partial charge in [-0.1, -0.05) is 40.5 Å². The summed E-state index contributed by atoms with van der Waals surface area (Å²) < 4.78 is 0. The largest absolute Gasteiger partial charge is 0.326 e. The lowest BCUT2D eigenvalue weighted by Crippen LogP contribution is -2.54. The van der Waals surface area contributed by atoms with Crippen molar-refractivity contribution in [1.82, 2.24) is 4.90 Å². The van der Waals surface area contributed by atoms with Crippen LogP contribution in [0.3, 0.4) is 0 Å². The van der Waals surface area contributed by atoms with Crippen LogP contribution in [0.2, 0.25) is 0 Å². The topological polar surface area (TPSA) is 29.3 Å². The summed E-state index contributed by atoms with van der Waals surface area (Å²) in [7, 11) is 0. The van der Waals surface area contributed by atoms with Crippen molar-refractivity contribution in [2.45, 2.75) is 84.7 Å². The molecule has 1 aliphatic carbocycles. The van der Waals surface area contributed by atoms with E-state index in [1.807, 2.05) is 0 Å². The molecule has 2 aliphatic rings. The Labute approximate surface area is 126 Å². The van der Waals surface area contributed by atoms with Gasteiger partial charge in [0.2, 0.25) is 0 Å². The van der Waals surface area contributed by atoms with E-state index < -0.39 is 0 Å². The molecule has 2 fully saturated rings. The number of nitrogens with two attached hydrogens (primary N) is 1. The van der Waals surface area contributed by atoms with Gasteiger partial charge in [-0.25, -0.2) is 0 Å². The molecule has 0 radical (unpaired) electrons. The third-order valence-electron chi connectivity index (χ3n) is 6.58. The third-order valence-corrected chi connectivity index (χ3v) is 6.58. The molecule has 0 aromatic carbocycles. The van der Waals surface area contributed by atoms with Gasteiger partial charge in [-0.05, 0) is 62.4 Å². The SMILES string of the molecule is CCC1CCN(C2CC(C(C)(C)CC)CCC2N)CC1. The number of likely N-dealkylation sites (tertiary alicyclic amines) is 1. The van der Waals surface area contributed by atoms with Crippen molar-refractivity contribution in [3.63, 3.8) is 0 Å². The average Bonchev–Trinajstić information content (AvgIpc) is 2.47. The Hall–Kier alpha value is -0.0800. The van der Waals surface area contributed by atoms with Crippen LogP contribution in [-0.2, 0) is 0 Å². The molecular weight excluding hydrogens is 244 g/mol. The Morgan fingerprint density at radius 3 is 2.25 bits per heavy atom. The Bertz CT molecular complexity index is 292. The molecule has 118 valence electrons. The zero-order chi connectivity index (χ0) is 14.8. The molecule has 1 heterocycles. The third kappa shape index (κ3) is 3.57. The summed E-state index contributed by atoms with van der Waals surface area (Å²) in [5, 5.41) is 0. The number of hydrogen-bond donors (Lipinski definition) is 1. The molecule has 1 saturated carbocycles. The van der Waals surface area contributed by atoms with Gasteiger partial charge < -0.3 is 5.73 Å². The first-order valence-corrected chi connectivity index (χ1v) is 8.97. The van der Waals surface area contributed by atoms with Crippen LogP contribution in [0.4, 0.5) is 0 Å². The number of hydrogen-bond acceptors (Lipinski definition) is 2. The van der Waals surface area contributed by atoms with Crippen molar-refractivity contribution in [3.05, 3.63) is 0 Å². The van der Waals surface area contributed by atoms with Crippen LogP contribution in [0.5, 0.6) is 0 Å². The highest BCUT2D eigenvalue weighted by Gasteiger charge is 2.38. The minimum atomic E-state index is 0.414. The van der Waals surface area contributed by atoms with E-state index in [4.69, 9.17) is 5.73 Å². The summed E-state index contributed by atoms with van der Waals surface area (Å²) in [4.78, 5) is 2.73. The molecule has 0 spiro atoms. The predicted molar refractivity (Wildman–Crippen MR) is 87.8 cm³/mol. The van der Waals surface area contributed by atoms with E-state index in [0.717, 1.165) is 11.8 Å². The lowest BCUT2D eigenvalue weighted by Gasteiger charge is -2.47. The highest BCUT2D eigenvalue weighted by Crippen LogP contribution is 2.42. The molecule has 0 amide bonds. The molecule has 1 saturated heterocycles. The predicted octanol–water partition coefficient (Wildman–Crippen LogP) is 4.04. The number of piperidine rings is 1. The maximum atomic E-state index is 6.48. The minimum absolute atomic E-state index is 0.414. The molecule has 0 aromatic heterocycles. The second-order valence-corrected chi connectivity index (χ2v) is 7.97. The molecule has 2 heteroatoms. The number of rotatable bonds is 4. The second-order valence-electron chi connectivity index (χ2n) is 7.97. The van der Waals surface area contributed by atoms with Crippen molar-refractivity contribution >= 4 is 0 Å². The van der Waals surface area contributed by atoms with Crippen LogP contribution >= 0.6 is 0 Å². The Balaban J connectivity index is 1.96. The van der Waals surface area contributed by atoms with Crippen molar-refractivity contribution < 1.29 is 0 Å². The van der Waals surface area contributed by atoms with Gasteiger partial charge in [-0.3, -0.25) is 4.90 Å². The summed E-state index contributed by atoms with van der Waals surface area (Å²) in [6.07, 6.45) is 9.33. The van der Waals surface area contributed by atoms with Gasteiger partial charge in [0.05, 0.1) is 0 Å². The van der Waals surface area contributed by atoms with Gasteiger partial charge in [0.1, 0.15) is 0 Å². The normalized spacial score (nSPS) is 34.4. The van der Waals surface area contributed by atoms with Crippen LogP contribution in [0, 0.1) is 17.3 Å². The van der Waals surface area contributed by atoms with E-state index in [2.05, 4.69) is 32.6 Å². The first-order valence-electron chi connectivity index (χ1n) is 8.97. The van der Waals surface area contributed by atoms with Crippen LogP contribution in [-0.4, -0.2) is 30.1 Å². The van der Waals surface area contributed by atoms with Crippen molar-refractivity contribution in [1.29, 1.82) is 0 Å². The summed E-state index contributed by atoms with van der Waals surface area (Å²) in [5.74, 6) is 1.83. The molecule has 2 rings (SSSR count). The molecule has 20 heavy (non-hydrogen) atoms. The molecule has 3 unspecified atom stereocenters. The Morgan fingerprint density at radius 1 is 1.05 bits per heavy atom. The summed E-state index contributed by atoms with van der Waals surface area (Å²) in [5.41, 5.74) is 6.97. The van der Waals surface area contributed by atoms with Crippen molar-refractivity contribution in [2.75, 3.05) is 13.1 Å². The van der Waals surface area contributed by atoms with Crippen molar-refractivity contribution in [2.24, 2.45) is 23.0 Å². The second kappa shape index (κ2) is 6.79. The van der Waals surface area contributed by atoms with E-state index in [1.165, 1.54) is 58.0 Å². The quantitative estimate of drug-likeness (QED) is 0.842. The first kappa shape index (κ1) is 16.3. The lowest BCUT2D eigenvalue weighted by atomic mass is 9.67. The molecule has 3 atom stereocenters. The zero-order valence-electron chi connectivity index (χ0n) is 14.2. The van der Waals surface area contributed by atoms with Gasteiger partial charge in [0.25, 0.3) is 0 Å². The first-order chi connectivity index (χ1) is 9.47. The maximum Gasteiger partial charge on any atom is 0.0250 e. The van der Waals surface area contributed by atoms with E-state index in [9.17, 15) is 0 Å². The molecular formula is C18H36N2. The van der Waals surface area contributed by atoms with E-state index in [1.54, 1.807) is 0 Å². The van der Waals surface area contributed by atoms with Crippen LogP contribution < -0.4 is 5.73 Å². The highest BCUT2D eigenvalue weighted by molar-refractivity contribution is 4.94. The smallest absolute Gasteiger partial charge is 0.0250 e. The fraction of sp³-hybridized carbons (Fsp3) is 1.00. The highest BCUT2D eigenvalue weighted by atomic mass is 15.2. The maximum absolute atomic E-state index is 6.48. The minimum Gasteiger partial charge on any atom is -0.326 e. The standard InChI is InChI=1S/C18H36N2/c1-5-14-9-11-20(12-10-14)17-13-15(7-8-16(17)19)18(3,4)6-2/h14-17H,5-13,19H2,1-4H3. The molecule has 1 aliphatic heterocycles. The van der Waals surface area contributed by atoms with E-state index in [-0.39, 0.29) is 0 Å². The zero-order valence-corrected chi connectivity index (χ0v) is 14.2. The van der Waals surface area contributed by atoms with Gasteiger partial charge >= 0.3 is 0 Å². The van der Waals surface area contributed by atoms with Crippen LogP contribution in [0.25, 0.3) is 0 Å². The van der Waals surface area contributed by atoms with E-state index >= 15 is 0 Å². The van der Waals surface area contributed by atoms with Crippen molar-refractivity contribution in [3.8, 4) is 0 Å². The van der Waals surface area contributed by atoms with Gasteiger partial charge in [0, 0.05) is 12.1 Å². The fourth-order valence-corrected chi connectivity index (χ4v) is 4.28. The molecule has 2 N–H and O–H groups in total. The molecule has 2 nitrogen and oxygen atoms in total. The average molecular weight is 280 g/mol.